The lowest BCUT2D eigenvalue weighted by Crippen LogP contribution is -1.97. The van der Waals surface area contributed by atoms with Crippen molar-refractivity contribution in [2.24, 2.45) is 0 Å². The first kappa shape index (κ1) is 9.00. The molecule has 0 saturated heterocycles. The fraction of sp³-hybridized carbons (Fsp3) is 0.250. The van der Waals surface area contributed by atoms with E-state index in [0.717, 1.165) is 17.9 Å². The molecule has 72 valence electrons. The van der Waals surface area contributed by atoms with Crippen molar-refractivity contribution in [2.75, 3.05) is 0 Å². The molecule has 0 aliphatic rings. The van der Waals surface area contributed by atoms with Crippen LogP contribution in [-0.2, 0) is 6.54 Å². The Hall–Kier alpha value is -1.57. The summed E-state index contributed by atoms with van der Waals surface area (Å²) >= 11 is 0. The minimum atomic E-state index is 0.906. The average Bonchev–Trinajstić information content (AvgIpc) is 2.51. The first-order valence-corrected chi connectivity index (χ1v) is 4.86. The zero-order chi connectivity index (χ0) is 9.97. The zero-order valence-electron chi connectivity index (χ0n) is 8.57. The normalized spacial score (nSPS) is 11.6. The molecule has 1 aromatic carbocycles. The minimum Gasteiger partial charge on any atom is -0.324 e. The summed E-state index contributed by atoms with van der Waals surface area (Å²) in [5.41, 5.74) is 2.29. The van der Waals surface area contributed by atoms with Crippen LogP contribution in [-0.4, -0.2) is 9.55 Å². The molecule has 0 aliphatic carbocycles. The molecule has 2 nitrogen and oxygen atoms in total. The maximum Gasteiger partial charge on any atom is 0.107 e. The summed E-state index contributed by atoms with van der Waals surface area (Å²) in [5.74, 6) is 1.07. The first-order chi connectivity index (χ1) is 6.83. The van der Waals surface area contributed by atoms with Crippen molar-refractivity contribution in [3.8, 4) is 0 Å². The van der Waals surface area contributed by atoms with Crippen LogP contribution in [0.25, 0.3) is 11.0 Å². The van der Waals surface area contributed by atoms with Crippen LogP contribution < -0.4 is 0 Å². The van der Waals surface area contributed by atoms with Crippen LogP contribution in [0.1, 0.15) is 12.7 Å². The van der Waals surface area contributed by atoms with Gasteiger partial charge in [-0.05, 0) is 26.0 Å². The van der Waals surface area contributed by atoms with E-state index < -0.39 is 0 Å². The molecule has 0 atom stereocenters. The van der Waals surface area contributed by atoms with Crippen molar-refractivity contribution < 1.29 is 0 Å². The van der Waals surface area contributed by atoms with Crippen LogP contribution in [0.4, 0.5) is 0 Å². The largest absolute Gasteiger partial charge is 0.324 e. The number of rotatable bonds is 2. The van der Waals surface area contributed by atoms with E-state index in [1.165, 1.54) is 5.52 Å². The molecule has 0 aliphatic heterocycles. The molecular formula is C12H14N2. The molecule has 1 aromatic heterocycles. The van der Waals surface area contributed by atoms with Crippen molar-refractivity contribution in [2.45, 2.75) is 20.4 Å². The molecule has 0 radical (unpaired) electrons. The molecule has 2 aromatic rings. The lowest BCUT2D eigenvalue weighted by Gasteiger charge is -2.01. The Balaban J connectivity index is 2.56. The molecular weight excluding hydrogens is 172 g/mol. The molecule has 14 heavy (non-hydrogen) atoms. The molecule has 0 saturated carbocycles. The number of benzene rings is 1. The van der Waals surface area contributed by atoms with Gasteiger partial charge >= 0.3 is 0 Å². The summed E-state index contributed by atoms with van der Waals surface area (Å²) in [5, 5.41) is 0. The standard InChI is InChI=1S/C12H14N2/c1-3-4-9-14-10(2)13-11-7-5-6-8-12(11)14/h3-8H,9H2,1-2H3. The molecule has 1 heterocycles. The lowest BCUT2D eigenvalue weighted by atomic mass is 10.3. The van der Waals surface area contributed by atoms with Crippen molar-refractivity contribution in [3.05, 3.63) is 42.2 Å². The molecule has 0 unspecified atom stereocenters. The number of para-hydroxylation sites is 2. The SMILES string of the molecule is CC=CCn1c(C)nc2ccccc21. The Morgan fingerprint density at radius 3 is 2.93 bits per heavy atom. The lowest BCUT2D eigenvalue weighted by molar-refractivity contribution is 0.805. The molecule has 0 bridgehead atoms. The molecule has 0 spiro atoms. The number of fused-ring (bicyclic) bond motifs is 1. The van der Waals surface area contributed by atoms with Crippen LogP contribution in [0.15, 0.2) is 36.4 Å². The highest BCUT2D eigenvalue weighted by Gasteiger charge is 2.03. The van der Waals surface area contributed by atoms with Crippen LogP contribution in [0.3, 0.4) is 0 Å². The Bertz CT molecular complexity index is 466. The van der Waals surface area contributed by atoms with Gasteiger partial charge in [-0.15, -0.1) is 0 Å². The van der Waals surface area contributed by atoms with Gasteiger partial charge in [0.25, 0.3) is 0 Å². The highest BCUT2D eigenvalue weighted by Crippen LogP contribution is 2.14. The van der Waals surface area contributed by atoms with Gasteiger partial charge in [-0.1, -0.05) is 24.3 Å². The van der Waals surface area contributed by atoms with Crippen molar-refractivity contribution >= 4 is 11.0 Å². The van der Waals surface area contributed by atoms with Crippen LogP contribution in [0.2, 0.25) is 0 Å². The van der Waals surface area contributed by atoms with Crippen molar-refractivity contribution in [3.63, 3.8) is 0 Å². The third-order valence-corrected chi connectivity index (χ3v) is 2.37. The van der Waals surface area contributed by atoms with E-state index in [1.807, 2.05) is 19.9 Å². The van der Waals surface area contributed by atoms with Crippen LogP contribution in [0.5, 0.6) is 0 Å². The molecule has 0 N–H and O–H groups in total. The molecule has 2 heteroatoms. The number of imidazole rings is 1. The van der Waals surface area contributed by atoms with Gasteiger partial charge in [-0.25, -0.2) is 4.98 Å². The van der Waals surface area contributed by atoms with E-state index in [9.17, 15) is 0 Å². The second kappa shape index (κ2) is 3.66. The number of allylic oxidation sites excluding steroid dienone is 2. The van der Waals surface area contributed by atoms with E-state index in [2.05, 4.69) is 39.9 Å². The summed E-state index contributed by atoms with van der Waals surface area (Å²) < 4.78 is 2.22. The van der Waals surface area contributed by atoms with E-state index in [-0.39, 0.29) is 0 Å². The van der Waals surface area contributed by atoms with Gasteiger partial charge in [0.15, 0.2) is 0 Å². The summed E-state index contributed by atoms with van der Waals surface area (Å²) in [6, 6.07) is 8.23. The topological polar surface area (TPSA) is 17.8 Å². The quantitative estimate of drug-likeness (QED) is 0.659. The van der Waals surface area contributed by atoms with Gasteiger partial charge in [-0.2, -0.15) is 0 Å². The summed E-state index contributed by atoms with van der Waals surface area (Å²) in [6.07, 6.45) is 4.20. The maximum atomic E-state index is 4.50. The number of hydrogen-bond acceptors (Lipinski definition) is 1. The summed E-state index contributed by atoms with van der Waals surface area (Å²) in [6.45, 7) is 4.99. The minimum absolute atomic E-state index is 0.906. The second-order valence-electron chi connectivity index (χ2n) is 3.33. The maximum absolute atomic E-state index is 4.50. The fourth-order valence-corrected chi connectivity index (χ4v) is 1.64. The molecule has 0 fully saturated rings. The number of nitrogens with zero attached hydrogens (tertiary/aromatic N) is 2. The highest BCUT2D eigenvalue weighted by atomic mass is 15.1. The molecule has 2 rings (SSSR count). The Kier molecular flexibility index (Phi) is 2.35. The van der Waals surface area contributed by atoms with Crippen molar-refractivity contribution in [1.29, 1.82) is 0 Å². The van der Waals surface area contributed by atoms with Gasteiger partial charge < -0.3 is 4.57 Å². The number of aromatic nitrogens is 2. The van der Waals surface area contributed by atoms with Gasteiger partial charge in [-0.3, -0.25) is 0 Å². The average molecular weight is 186 g/mol. The Morgan fingerprint density at radius 1 is 1.36 bits per heavy atom. The number of aryl methyl sites for hydroxylation is 1. The van der Waals surface area contributed by atoms with Crippen molar-refractivity contribution in [1.82, 2.24) is 9.55 Å². The van der Waals surface area contributed by atoms with Gasteiger partial charge in [0.05, 0.1) is 11.0 Å². The Morgan fingerprint density at radius 2 is 2.14 bits per heavy atom. The second-order valence-corrected chi connectivity index (χ2v) is 3.33. The highest BCUT2D eigenvalue weighted by molar-refractivity contribution is 5.75. The summed E-state index contributed by atoms with van der Waals surface area (Å²) in [7, 11) is 0. The first-order valence-electron chi connectivity index (χ1n) is 4.86. The van der Waals surface area contributed by atoms with E-state index >= 15 is 0 Å². The van der Waals surface area contributed by atoms with E-state index in [4.69, 9.17) is 0 Å². The van der Waals surface area contributed by atoms with E-state index in [1.54, 1.807) is 0 Å². The predicted octanol–water partition coefficient (Wildman–Crippen LogP) is 2.92. The summed E-state index contributed by atoms with van der Waals surface area (Å²) in [4.78, 5) is 4.50. The van der Waals surface area contributed by atoms with Crippen LogP contribution in [0, 0.1) is 6.92 Å². The smallest absolute Gasteiger partial charge is 0.107 e. The monoisotopic (exact) mass is 186 g/mol. The number of hydrogen-bond donors (Lipinski definition) is 0. The van der Waals surface area contributed by atoms with Crippen LogP contribution >= 0.6 is 0 Å². The van der Waals surface area contributed by atoms with Gasteiger partial charge in [0.1, 0.15) is 5.82 Å². The fourth-order valence-electron chi connectivity index (χ4n) is 1.64. The van der Waals surface area contributed by atoms with Gasteiger partial charge in [0, 0.05) is 6.54 Å². The van der Waals surface area contributed by atoms with Gasteiger partial charge in [0.2, 0.25) is 0 Å². The zero-order valence-corrected chi connectivity index (χ0v) is 8.57. The predicted molar refractivity (Wildman–Crippen MR) is 59.3 cm³/mol. The van der Waals surface area contributed by atoms with E-state index in [0.29, 0.717) is 0 Å². The molecule has 0 amide bonds. The third-order valence-electron chi connectivity index (χ3n) is 2.37. The third kappa shape index (κ3) is 1.43. The Labute approximate surface area is 83.9 Å².